The third-order valence-corrected chi connectivity index (χ3v) is 7.07. The minimum absolute atomic E-state index is 0.218. The van der Waals surface area contributed by atoms with Crippen molar-refractivity contribution in [2.75, 3.05) is 4.90 Å². The number of anilines is 2. The predicted molar refractivity (Wildman–Crippen MR) is 124 cm³/mol. The van der Waals surface area contributed by atoms with Crippen LogP contribution < -0.4 is 4.90 Å². The van der Waals surface area contributed by atoms with Gasteiger partial charge in [0.1, 0.15) is 0 Å². The summed E-state index contributed by atoms with van der Waals surface area (Å²) in [5.74, 6) is 0. The fourth-order valence-corrected chi connectivity index (χ4v) is 5.74. The molecule has 0 saturated heterocycles. The van der Waals surface area contributed by atoms with Gasteiger partial charge in [-0.15, -0.1) is 0 Å². The van der Waals surface area contributed by atoms with Crippen molar-refractivity contribution in [3.05, 3.63) is 83.4 Å². The first-order valence-corrected chi connectivity index (χ1v) is 11.2. The van der Waals surface area contributed by atoms with E-state index < -0.39 is 0 Å². The Morgan fingerprint density at radius 2 is 1.38 bits per heavy atom. The number of hydrogen-bond acceptors (Lipinski definition) is 1. The number of benzene rings is 3. The number of hydrogen-bond donors (Lipinski definition) is 0. The Kier molecular flexibility index (Phi) is 4.50. The van der Waals surface area contributed by atoms with Crippen LogP contribution in [0.4, 0.5) is 11.4 Å². The average molecular weight is 382 g/mol. The maximum absolute atomic E-state index is 2.51. The Morgan fingerprint density at radius 3 is 2.10 bits per heavy atom. The first-order valence-electron chi connectivity index (χ1n) is 11.2. The Bertz CT molecular complexity index is 1020. The molecule has 0 radical (unpaired) electrons. The van der Waals surface area contributed by atoms with Crippen molar-refractivity contribution in [1.82, 2.24) is 0 Å². The molecule has 3 aromatic rings. The highest BCUT2D eigenvalue weighted by atomic mass is 15.2. The lowest BCUT2D eigenvalue weighted by atomic mass is 9.68. The molecule has 5 rings (SSSR count). The van der Waals surface area contributed by atoms with Gasteiger partial charge in [0, 0.05) is 22.8 Å². The van der Waals surface area contributed by atoms with Crippen molar-refractivity contribution in [3.63, 3.8) is 0 Å². The Hall–Kier alpha value is -2.54. The molecule has 0 atom stereocenters. The quantitative estimate of drug-likeness (QED) is 0.448. The zero-order valence-corrected chi connectivity index (χ0v) is 17.9. The van der Waals surface area contributed by atoms with E-state index in [2.05, 4.69) is 92.4 Å². The van der Waals surface area contributed by atoms with Gasteiger partial charge >= 0.3 is 0 Å². The fourth-order valence-electron chi connectivity index (χ4n) is 5.74. The maximum atomic E-state index is 2.51. The molecule has 2 aliphatic carbocycles. The van der Waals surface area contributed by atoms with E-state index >= 15 is 0 Å². The summed E-state index contributed by atoms with van der Waals surface area (Å²) in [6.45, 7) is 6.74. The fraction of sp³-hybridized carbons (Fsp3) is 0.357. The van der Waals surface area contributed by atoms with Crippen LogP contribution in [-0.4, -0.2) is 6.04 Å². The smallest absolute Gasteiger partial charge is 0.0416 e. The van der Waals surface area contributed by atoms with Gasteiger partial charge in [0.25, 0.3) is 0 Å². The van der Waals surface area contributed by atoms with Crippen molar-refractivity contribution in [3.8, 4) is 11.1 Å². The molecule has 0 bridgehead atoms. The van der Waals surface area contributed by atoms with Gasteiger partial charge in [-0.05, 0) is 80.1 Å². The summed E-state index contributed by atoms with van der Waals surface area (Å²) < 4.78 is 0. The summed E-state index contributed by atoms with van der Waals surface area (Å²) in [5.41, 5.74) is 10.2. The molecule has 1 spiro atoms. The van der Waals surface area contributed by atoms with Crippen LogP contribution in [0.2, 0.25) is 0 Å². The lowest BCUT2D eigenvalue weighted by Gasteiger charge is -2.37. The first-order chi connectivity index (χ1) is 14.1. The van der Waals surface area contributed by atoms with E-state index in [1.165, 1.54) is 60.2 Å². The standard InChI is InChI=1S/C28H31N/c1-20(2)29(22-13-11-21(3)12-14-22)23-15-16-25-24-9-5-6-10-26(24)28(27(25)19-23)17-7-4-8-18-28/h5-6,9-16,19-20H,4,7-8,17-18H2,1-3H3. The van der Waals surface area contributed by atoms with Gasteiger partial charge in [-0.1, -0.05) is 67.3 Å². The molecular weight excluding hydrogens is 350 g/mol. The highest BCUT2D eigenvalue weighted by Gasteiger charge is 2.43. The molecule has 0 aromatic heterocycles. The molecule has 0 aliphatic heterocycles. The van der Waals surface area contributed by atoms with Crippen LogP contribution in [0.15, 0.2) is 66.7 Å². The normalized spacial score (nSPS) is 16.7. The van der Waals surface area contributed by atoms with Crippen molar-refractivity contribution < 1.29 is 0 Å². The summed E-state index contributed by atoms with van der Waals surface area (Å²) in [5, 5.41) is 0. The number of rotatable bonds is 3. The maximum Gasteiger partial charge on any atom is 0.0416 e. The number of fused-ring (bicyclic) bond motifs is 5. The Balaban J connectivity index is 1.66. The summed E-state index contributed by atoms with van der Waals surface area (Å²) in [6, 6.07) is 25.7. The van der Waals surface area contributed by atoms with Crippen LogP contribution in [0.1, 0.15) is 62.6 Å². The first kappa shape index (κ1) is 18.5. The second-order valence-corrected chi connectivity index (χ2v) is 9.22. The lowest BCUT2D eigenvalue weighted by Crippen LogP contribution is -2.29. The monoisotopic (exact) mass is 381 g/mol. The second-order valence-electron chi connectivity index (χ2n) is 9.22. The minimum Gasteiger partial charge on any atom is -0.339 e. The molecule has 1 nitrogen and oxygen atoms in total. The topological polar surface area (TPSA) is 3.24 Å². The molecule has 3 aromatic carbocycles. The molecule has 0 heterocycles. The molecule has 29 heavy (non-hydrogen) atoms. The third-order valence-electron chi connectivity index (χ3n) is 7.07. The zero-order chi connectivity index (χ0) is 20.0. The van der Waals surface area contributed by atoms with E-state index in [4.69, 9.17) is 0 Å². The van der Waals surface area contributed by atoms with Gasteiger partial charge < -0.3 is 4.90 Å². The summed E-state index contributed by atoms with van der Waals surface area (Å²) in [4.78, 5) is 2.49. The van der Waals surface area contributed by atoms with Crippen LogP contribution in [0, 0.1) is 6.92 Å². The van der Waals surface area contributed by atoms with Gasteiger partial charge in [0.2, 0.25) is 0 Å². The molecule has 2 aliphatic rings. The third kappa shape index (κ3) is 2.90. The Labute approximate surface area is 175 Å². The van der Waals surface area contributed by atoms with Gasteiger partial charge in [-0.3, -0.25) is 0 Å². The number of aryl methyl sites for hydroxylation is 1. The second kappa shape index (κ2) is 7.06. The van der Waals surface area contributed by atoms with E-state index in [0.717, 1.165) is 0 Å². The molecule has 0 N–H and O–H groups in total. The van der Waals surface area contributed by atoms with Crippen LogP contribution in [-0.2, 0) is 5.41 Å². The van der Waals surface area contributed by atoms with Gasteiger partial charge in [0.05, 0.1) is 0 Å². The molecule has 0 unspecified atom stereocenters. The molecule has 148 valence electrons. The highest BCUT2D eigenvalue weighted by Crippen LogP contribution is 2.56. The van der Waals surface area contributed by atoms with Gasteiger partial charge in [-0.2, -0.15) is 0 Å². The summed E-state index contributed by atoms with van der Waals surface area (Å²) >= 11 is 0. The van der Waals surface area contributed by atoms with E-state index in [1.54, 1.807) is 11.1 Å². The van der Waals surface area contributed by atoms with Crippen LogP contribution in [0.5, 0.6) is 0 Å². The average Bonchev–Trinajstić information content (AvgIpc) is 3.00. The molecular formula is C28H31N. The van der Waals surface area contributed by atoms with Crippen molar-refractivity contribution >= 4 is 11.4 Å². The largest absolute Gasteiger partial charge is 0.339 e. The van der Waals surface area contributed by atoms with Crippen LogP contribution in [0.25, 0.3) is 11.1 Å². The van der Waals surface area contributed by atoms with Crippen molar-refractivity contribution in [2.45, 2.75) is 64.3 Å². The molecule has 1 saturated carbocycles. The number of nitrogens with zero attached hydrogens (tertiary/aromatic N) is 1. The summed E-state index contributed by atoms with van der Waals surface area (Å²) in [7, 11) is 0. The van der Waals surface area contributed by atoms with Crippen LogP contribution in [0.3, 0.4) is 0 Å². The van der Waals surface area contributed by atoms with E-state index in [-0.39, 0.29) is 5.41 Å². The Morgan fingerprint density at radius 1 is 0.724 bits per heavy atom. The molecule has 1 heteroatoms. The van der Waals surface area contributed by atoms with E-state index in [0.29, 0.717) is 6.04 Å². The van der Waals surface area contributed by atoms with Crippen LogP contribution >= 0.6 is 0 Å². The van der Waals surface area contributed by atoms with E-state index in [1.807, 2.05) is 0 Å². The van der Waals surface area contributed by atoms with Crippen molar-refractivity contribution in [2.24, 2.45) is 0 Å². The minimum atomic E-state index is 0.218. The van der Waals surface area contributed by atoms with Gasteiger partial charge in [0.15, 0.2) is 0 Å². The van der Waals surface area contributed by atoms with Crippen molar-refractivity contribution in [1.29, 1.82) is 0 Å². The van der Waals surface area contributed by atoms with E-state index in [9.17, 15) is 0 Å². The SMILES string of the molecule is Cc1ccc(N(c2ccc3c(c2)C2(CCCCC2)c2ccccc2-3)C(C)C)cc1. The predicted octanol–water partition coefficient (Wildman–Crippen LogP) is 7.77. The summed E-state index contributed by atoms with van der Waals surface area (Å²) in [6.07, 6.45) is 6.62. The van der Waals surface area contributed by atoms with Gasteiger partial charge in [-0.25, -0.2) is 0 Å². The lowest BCUT2D eigenvalue weighted by molar-refractivity contribution is 0.353. The zero-order valence-electron chi connectivity index (χ0n) is 17.9. The highest BCUT2D eigenvalue weighted by molar-refractivity contribution is 5.83. The molecule has 0 amide bonds. The molecule has 1 fully saturated rings.